The molecule has 0 fully saturated rings. The molecule has 1 aromatic heterocycles. The molecule has 1 heterocycles. The van der Waals surface area contributed by atoms with Gasteiger partial charge in [-0.25, -0.2) is 13.6 Å². The van der Waals surface area contributed by atoms with Crippen LogP contribution in [0, 0.1) is 0 Å². The maximum absolute atomic E-state index is 12.2. The molecule has 1 N–H and O–H groups in total. The first-order valence-electron chi connectivity index (χ1n) is 3.78. The number of esters is 1. The predicted octanol–water partition coefficient (Wildman–Crippen LogP) is 2.13. The number of rotatable bonds is 3. The number of ether oxygens (including phenoxy) is 1. The quantitative estimate of drug-likeness (QED) is 0.740. The maximum atomic E-state index is 12.2. The Labute approximate surface area is 73.7 Å². The third kappa shape index (κ3) is 2.05. The molecule has 0 aliphatic carbocycles. The van der Waals surface area contributed by atoms with Crippen LogP contribution in [0.25, 0.3) is 0 Å². The summed E-state index contributed by atoms with van der Waals surface area (Å²) in [6.45, 7) is 1.79. The Hall–Kier alpha value is -1.39. The minimum absolute atomic E-state index is 0.100. The van der Waals surface area contributed by atoms with Crippen molar-refractivity contribution in [2.24, 2.45) is 0 Å². The molecule has 0 saturated carbocycles. The largest absolute Gasteiger partial charge is 0.462 e. The number of hydrogen-bond donors (Lipinski definition) is 1. The molecular formula is C8H9F2NO2. The molecule has 0 spiro atoms. The van der Waals surface area contributed by atoms with Crippen LogP contribution in [0.2, 0.25) is 0 Å². The van der Waals surface area contributed by atoms with E-state index in [1.165, 1.54) is 6.20 Å². The molecule has 72 valence electrons. The van der Waals surface area contributed by atoms with Gasteiger partial charge in [0.2, 0.25) is 0 Å². The van der Waals surface area contributed by atoms with Crippen molar-refractivity contribution in [2.45, 2.75) is 13.3 Å². The molecule has 0 saturated heterocycles. The van der Waals surface area contributed by atoms with Gasteiger partial charge in [0, 0.05) is 18.0 Å². The maximum Gasteiger partial charge on any atom is 0.340 e. The van der Waals surface area contributed by atoms with Crippen LogP contribution in [0.3, 0.4) is 0 Å². The van der Waals surface area contributed by atoms with Gasteiger partial charge in [-0.2, -0.15) is 0 Å². The lowest BCUT2D eigenvalue weighted by atomic mass is 10.2. The van der Waals surface area contributed by atoms with Gasteiger partial charge in [0.1, 0.15) is 0 Å². The highest BCUT2D eigenvalue weighted by Gasteiger charge is 2.19. The Kier molecular flexibility index (Phi) is 3.00. The van der Waals surface area contributed by atoms with Crippen molar-refractivity contribution in [2.75, 3.05) is 6.61 Å². The van der Waals surface area contributed by atoms with Crippen LogP contribution in [0.1, 0.15) is 29.3 Å². The fourth-order valence-electron chi connectivity index (χ4n) is 0.942. The molecule has 0 aliphatic rings. The van der Waals surface area contributed by atoms with Crippen molar-refractivity contribution in [3.63, 3.8) is 0 Å². The Morgan fingerprint density at radius 2 is 2.31 bits per heavy atom. The highest BCUT2D eigenvalue weighted by Crippen LogP contribution is 2.22. The van der Waals surface area contributed by atoms with Crippen molar-refractivity contribution in [1.82, 2.24) is 4.98 Å². The van der Waals surface area contributed by atoms with Gasteiger partial charge in [0.25, 0.3) is 6.43 Å². The van der Waals surface area contributed by atoms with Gasteiger partial charge in [-0.05, 0) is 6.92 Å². The van der Waals surface area contributed by atoms with E-state index in [1.54, 1.807) is 6.92 Å². The van der Waals surface area contributed by atoms with Crippen LogP contribution in [-0.2, 0) is 4.74 Å². The molecule has 0 aliphatic heterocycles. The number of H-pyrrole nitrogens is 1. The fourth-order valence-corrected chi connectivity index (χ4v) is 0.942. The van der Waals surface area contributed by atoms with Gasteiger partial charge >= 0.3 is 5.97 Å². The zero-order valence-electron chi connectivity index (χ0n) is 7.01. The zero-order valence-corrected chi connectivity index (χ0v) is 7.01. The molecule has 0 atom stereocenters. The van der Waals surface area contributed by atoms with Gasteiger partial charge < -0.3 is 9.72 Å². The third-order valence-corrected chi connectivity index (χ3v) is 1.51. The summed E-state index contributed by atoms with van der Waals surface area (Å²) in [4.78, 5) is 13.5. The standard InChI is InChI=1S/C8H9F2NO2/c1-2-13-8(12)6-4-11-3-5(6)7(9)10/h3-4,7,11H,2H2,1H3. The van der Waals surface area contributed by atoms with Gasteiger partial charge in [-0.1, -0.05) is 0 Å². The highest BCUT2D eigenvalue weighted by atomic mass is 19.3. The minimum Gasteiger partial charge on any atom is -0.462 e. The zero-order chi connectivity index (χ0) is 9.84. The summed E-state index contributed by atoms with van der Waals surface area (Å²) < 4.78 is 29.1. The second kappa shape index (κ2) is 4.02. The Morgan fingerprint density at radius 1 is 1.62 bits per heavy atom. The summed E-state index contributed by atoms with van der Waals surface area (Å²) >= 11 is 0. The van der Waals surface area contributed by atoms with Crippen LogP contribution in [0.15, 0.2) is 12.4 Å². The molecule has 0 bridgehead atoms. The molecule has 0 aromatic carbocycles. The van der Waals surface area contributed by atoms with E-state index in [9.17, 15) is 13.6 Å². The average molecular weight is 189 g/mol. The predicted molar refractivity (Wildman–Crippen MR) is 41.7 cm³/mol. The number of halogens is 2. The first kappa shape index (κ1) is 9.70. The van der Waals surface area contributed by atoms with E-state index in [1.807, 2.05) is 0 Å². The third-order valence-electron chi connectivity index (χ3n) is 1.51. The summed E-state index contributed by atoms with van der Waals surface area (Å²) in [6, 6.07) is 0. The van der Waals surface area contributed by atoms with Crippen LogP contribution >= 0.6 is 0 Å². The van der Waals surface area contributed by atoms with Crippen molar-refractivity contribution in [1.29, 1.82) is 0 Å². The molecule has 3 nitrogen and oxygen atoms in total. The lowest BCUT2D eigenvalue weighted by molar-refractivity contribution is 0.0516. The molecule has 5 heteroatoms. The van der Waals surface area contributed by atoms with Gasteiger partial charge in [0.15, 0.2) is 0 Å². The van der Waals surface area contributed by atoms with Crippen LogP contribution in [0.5, 0.6) is 0 Å². The Bertz CT molecular complexity index is 296. The SMILES string of the molecule is CCOC(=O)c1c[nH]cc1C(F)F. The highest BCUT2D eigenvalue weighted by molar-refractivity contribution is 5.90. The molecule has 1 aromatic rings. The number of hydrogen-bond acceptors (Lipinski definition) is 2. The van der Waals surface area contributed by atoms with E-state index in [2.05, 4.69) is 9.72 Å². The molecule has 1 rings (SSSR count). The Balaban J connectivity index is 2.87. The monoisotopic (exact) mass is 189 g/mol. The summed E-state index contributed by atoms with van der Waals surface area (Å²) in [5.41, 5.74) is -0.421. The van der Waals surface area contributed by atoms with E-state index in [-0.39, 0.29) is 17.7 Å². The van der Waals surface area contributed by atoms with Gasteiger partial charge in [-0.15, -0.1) is 0 Å². The normalized spacial score (nSPS) is 10.5. The first-order valence-corrected chi connectivity index (χ1v) is 3.78. The molecule has 0 radical (unpaired) electrons. The minimum atomic E-state index is -2.66. The second-order valence-electron chi connectivity index (χ2n) is 2.35. The smallest absolute Gasteiger partial charge is 0.340 e. The van der Waals surface area contributed by atoms with Crippen LogP contribution < -0.4 is 0 Å². The van der Waals surface area contributed by atoms with E-state index in [0.717, 1.165) is 6.20 Å². The number of aromatic amines is 1. The first-order chi connectivity index (χ1) is 6.16. The summed E-state index contributed by atoms with van der Waals surface area (Å²) in [6.07, 6.45) is -0.359. The van der Waals surface area contributed by atoms with E-state index in [4.69, 9.17) is 0 Å². The van der Waals surface area contributed by atoms with E-state index < -0.39 is 12.4 Å². The van der Waals surface area contributed by atoms with Crippen molar-refractivity contribution >= 4 is 5.97 Å². The van der Waals surface area contributed by atoms with Crippen molar-refractivity contribution < 1.29 is 18.3 Å². The summed E-state index contributed by atoms with van der Waals surface area (Å²) in [7, 11) is 0. The van der Waals surface area contributed by atoms with Crippen LogP contribution in [-0.4, -0.2) is 17.6 Å². The van der Waals surface area contributed by atoms with E-state index in [0.29, 0.717) is 0 Å². The van der Waals surface area contributed by atoms with Crippen molar-refractivity contribution in [3.05, 3.63) is 23.5 Å². The lowest BCUT2D eigenvalue weighted by Crippen LogP contribution is -2.06. The number of aromatic nitrogens is 1. The van der Waals surface area contributed by atoms with Gasteiger partial charge in [-0.3, -0.25) is 0 Å². The molecule has 0 amide bonds. The van der Waals surface area contributed by atoms with Crippen molar-refractivity contribution in [3.8, 4) is 0 Å². The molecule has 0 unspecified atom stereocenters. The number of alkyl halides is 2. The number of carbonyl (C=O) groups excluding carboxylic acids is 1. The fraction of sp³-hybridized carbons (Fsp3) is 0.375. The van der Waals surface area contributed by atoms with Gasteiger partial charge in [0.05, 0.1) is 12.2 Å². The second-order valence-corrected chi connectivity index (χ2v) is 2.35. The number of carbonyl (C=O) groups is 1. The average Bonchev–Trinajstić information content (AvgIpc) is 2.52. The van der Waals surface area contributed by atoms with E-state index >= 15 is 0 Å². The molecule has 13 heavy (non-hydrogen) atoms. The molecular weight excluding hydrogens is 180 g/mol. The van der Waals surface area contributed by atoms with Crippen LogP contribution in [0.4, 0.5) is 8.78 Å². The Morgan fingerprint density at radius 3 is 2.85 bits per heavy atom. The lowest BCUT2D eigenvalue weighted by Gasteiger charge is -2.01. The summed E-state index contributed by atoms with van der Waals surface area (Å²) in [5, 5.41) is 0. The number of nitrogens with one attached hydrogen (secondary N) is 1. The summed E-state index contributed by atoms with van der Waals surface area (Å²) in [5.74, 6) is -0.723. The topological polar surface area (TPSA) is 42.1 Å².